The van der Waals surface area contributed by atoms with Crippen molar-refractivity contribution >= 4 is 11.9 Å². The molecule has 1 heterocycles. The van der Waals surface area contributed by atoms with Crippen LogP contribution in [0.4, 0.5) is 0 Å². The van der Waals surface area contributed by atoms with Crippen molar-refractivity contribution in [3.8, 4) is 0 Å². The van der Waals surface area contributed by atoms with Gasteiger partial charge in [0.2, 0.25) is 5.91 Å². The molecular weight excluding hydrogens is 222 g/mol. The molecule has 0 radical (unpaired) electrons. The largest absolute Gasteiger partial charge is 0.460 e. The maximum Gasteiger partial charge on any atom is 0.306 e. The Bertz CT molecular complexity index is 255. The van der Waals surface area contributed by atoms with Crippen molar-refractivity contribution in [1.82, 2.24) is 5.32 Å². The molecule has 1 rings (SSSR count). The lowest BCUT2D eigenvalue weighted by molar-refractivity contribution is -0.142. The minimum Gasteiger partial charge on any atom is -0.460 e. The first-order valence-corrected chi connectivity index (χ1v) is 6.26. The lowest BCUT2D eigenvalue weighted by Crippen LogP contribution is -2.34. The third-order valence-electron chi connectivity index (χ3n) is 2.62. The zero-order valence-electron chi connectivity index (χ0n) is 10.4. The molecule has 1 N–H and O–H groups in total. The van der Waals surface area contributed by atoms with Crippen molar-refractivity contribution in [2.24, 2.45) is 0 Å². The summed E-state index contributed by atoms with van der Waals surface area (Å²) in [4.78, 5) is 22.1. The molecule has 1 atom stereocenters. The summed E-state index contributed by atoms with van der Waals surface area (Å²) in [5.74, 6) is -0.329. The summed E-state index contributed by atoms with van der Waals surface area (Å²) in [6.07, 6.45) is 4.24. The highest BCUT2D eigenvalue weighted by atomic mass is 16.5. The molecule has 1 saturated heterocycles. The molecule has 98 valence electrons. The van der Waals surface area contributed by atoms with Crippen LogP contribution in [0.25, 0.3) is 0 Å². The number of amides is 1. The average molecular weight is 243 g/mol. The molecule has 1 amide bonds. The van der Waals surface area contributed by atoms with Crippen molar-refractivity contribution in [2.45, 2.75) is 45.1 Å². The molecule has 0 aromatic carbocycles. The van der Waals surface area contributed by atoms with Crippen molar-refractivity contribution in [2.75, 3.05) is 19.8 Å². The van der Waals surface area contributed by atoms with Gasteiger partial charge in [-0.1, -0.05) is 19.8 Å². The van der Waals surface area contributed by atoms with Gasteiger partial charge in [0.15, 0.2) is 0 Å². The maximum atomic E-state index is 11.3. The van der Waals surface area contributed by atoms with Gasteiger partial charge in [0.05, 0.1) is 6.54 Å². The summed E-state index contributed by atoms with van der Waals surface area (Å²) in [7, 11) is 0. The number of cyclic esters (lactones) is 1. The van der Waals surface area contributed by atoms with E-state index in [1.165, 1.54) is 0 Å². The lowest BCUT2D eigenvalue weighted by Gasteiger charge is -2.10. The second kappa shape index (κ2) is 8.06. The van der Waals surface area contributed by atoms with Crippen molar-refractivity contribution in [1.29, 1.82) is 0 Å². The summed E-state index contributed by atoms with van der Waals surface area (Å²) in [5, 5.41) is 2.69. The Labute approximate surface area is 102 Å². The quantitative estimate of drug-likeness (QED) is 0.510. The Morgan fingerprint density at radius 2 is 2.35 bits per heavy atom. The third kappa shape index (κ3) is 6.26. The van der Waals surface area contributed by atoms with Crippen LogP contribution in [0.5, 0.6) is 0 Å². The fraction of sp³-hybridized carbons (Fsp3) is 0.833. The van der Waals surface area contributed by atoms with Crippen LogP contribution in [0.15, 0.2) is 0 Å². The Morgan fingerprint density at radius 1 is 1.53 bits per heavy atom. The second-order valence-corrected chi connectivity index (χ2v) is 4.21. The molecule has 0 aliphatic carbocycles. The van der Waals surface area contributed by atoms with Gasteiger partial charge in [0.25, 0.3) is 0 Å². The van der Waals surface area contributed by atoms with Gasteiger partial charge < -0.3 is 14.8 Å². The Kier molecular flexibility index (Phi) is 6.62. The van der Waals surface area contributed by atoms with Crippen LogP contribution in [-0.4, -0.2) is 37.7 Å². The molecule has 1 aliphatic rings. The van der Waals surface area contributed by atoms with Crippen molar-refractivity contribution in [3.05, 3.63) is 0 Å². The van der Waals surface area contributed by atoms with E-state index in [1.54, 1.807) is 0 Å². The van der Waals surface area contributed by atoms with Gasteiger partial charge in [0.1, 0.15) is 12.7 Å². The number of unbranched alkanes of at least 4 members (excludes halogenated alkanes) is 2. The summed E-state index contributed by atoms with van der Waals surface area (Å²) in [6, 6.07) is 0. The van der Waals surface area contributed by atoms with Crippen LogP contribution >= 0.6 is 0 Å². The van der Waals surface area contributed by atoms with Gasteiger partial charge in [-0.2, -0.15) is 0 Å². The highest BCUT2D eigenvalue weighted by Crippen LogP contribution is 2.12. The number of rotatable bonds is 8. The van der Waals surface area contributed by atoms with Gasteiger partial charge in [0, 0.05) is 13.0 Å². The van der Waals surface area contributed by atoms with E-state index >= 15 is 0 Å². The van der Waals surface area contributed by atoms with E-state index in [2.05, 4.69) is 12.2 Å². The molecule has 0 aromatic rings. The van der Waals surface area contributed by atoms with E-state index in [4.69, 9.17) is 9.47 Å². The first kappa shape index (κ1) is 14.0. The van der Waals surface area contributed by atoms with Crippen LogP contribution in [0.3, 0.4) is 0 Å². The fourth-order valence-electron chi connectivity index (χ4n) is 1.62. The van der Waals surface area contributed by atoms with Gasteiger partial charge >= 0.3 is 5.97 Å². The highest BCUT2D eigenvalue weighted by Gasteiger charge is 2.23. The SMILES string of the molecule is CCCCCOCC(=O)NCC1CCC(=O)O1. The molecule has 5 heteroatoms. The van der Waals surface area contributed by atoms with Crippen LogP contribution < -0.4 is 5.32 Å². The Hall–Kier alpha value is -1.10. The van der Waals surface area contributed by atoms with Crippen LogP contribution in [-0.2, 0) is 19.1 Å². The number of nitrogens with one attached hydrogen (secondary N) is 1. The van der Waals surface area contributed by atoms with E-state index in [9.17, 15) is 9.59 Å². The molecule has 0 spiro atoms. The summed E-state index contributed by atoms with van der Waals surface area (Å²) in [6.45, 7) is 3.22. The average Bonchev–Trinajstić information content (AvgIpc) is 2.72. The molecule has 5 nitrogen and oxygen atoms in total. The van der Waals surface area contributed by atoms with E-state index in [-0.39, 0.29) is 24.6 Å². The normalized spacial score (nSPS) is 19.1. The molecule has 0 saturated carbocycles. The topological polar surface area (TPSA) is 64.6 Å². The number of ether oxygens (including phenoxy) is 2. The minimum absolute atomic E-state index is 0.0877. The van der Waals surface area contributed by atoms with Gasteiger partial charge in [-0.05, 0) is 12.8 Å². The van der Waals surface area contributed by atoms with Crippen LogP contribution in [0, 0.1) is 0 Å². The summed E-state index contributed by atoms with van der Waals surface area (Å²) in [5.41, 5.74) is 0. The third-order valence-corrected chi connectivity index (χ3v) is 2.62. The van der Waals surface area contributed by atoms with Gasteiger partial charge in [-0.15, -0.1) is 0 Å². The maximum absolute atomic E-state index is 11.3. The number of hydrogen-bond donors (Lipinski definition) is 1. The molecule has 17 heavy (non-hydrogen) atoms. The molecular formula is C12H21NO4. The van der Waals surface area contributed by atoms with E-state index in [0.29, 0.717) is 26.0 Å². The fourth-order valence-corrected chi connectivity index (χ4v) is 1.62. The van der Waals surface area contributed by atoms with Gasteiger partial charge in [-0.25, -0.2) is 0 Å². The number of carbonyl (C=O) groups is 2. The van der Waals surface area contributed by atoms with Gasteiger partial charge in [-0.3, -0.25) is 9.59 Å². The molecule has 0 bridgehead atoms. The van der Waals surface area contributed by atoms with Crippen molar-refractivity contribution in [3.63, 3.8) is 0 Å². The number of carbonyl (C=O) groups excluding carboxylic acids is 2. The predicted octanol–water partition coefficient (Wildman–Crippen LogP) is 1.01. The first-order chi connectivity index (χ1) is 8.22. The monoisotopic (exact) mass is 243 g/mol. The highest BCUT2D eigenvalue weighted by molar-refractivity contribution is 5.77. The predicted molar refractivity (Wildman–Crippen MR) is 62.5 cm³/mol. The zero-order chi connectivity index (χ0) is 12.5. The summed E-state index contributed by atoms with van der Waals surface area (Å²) >= 11 is 0. The minimum atomic E-state index is -0.180. The Balaban J connectivity index is 1.96. The zero-order valence-corrected chi connectivity index (χ0v) is 10.4. The van der Waals surface area contributed by atoms with E-state index in [0.717, 1.165) is 19.3 Å². The molecule has 1 unspecified atom stereocenters. The lowest BCUT2D eigenvalue weighted by atomic mass is 10.2. The standard InChI is InChI=1S/C12H21NO4/c1-2-3-4-7-16-9-11(14)13-8-10-5-6-12(15)17-10/h10H,2-9H2,1H3,(H,13,14). The smallest absolute Gasteiger partial charge is 0.306 e. The molecule has 1 fully saturated rings. The molecule has 0 aromatic heterocycles. The van der Waals surface area contributed by atoms with E-state index < -0.39 is 0 Å². The number of hydrogen-bond acceptors (Lipinski definition) is 4. The number of esters is 1. The summed E-state index contributed by atoms with van der Waals surface area (Å²) < 4.78 is 10.2. The van der Waals surface area contributed by atoms with Crippen LogP contribution in [0.2, 0.25) is 0 Å². The second-order valence-electron chi connectivity index (χ2n) is 4.21. The van der Waals surface area contributed by atoms with E-state index in [1.807, 2.05) is 0 Å². The first-order valence-electron chi connectivity index (χ1n) is 6.26. The van der Waals surface area contributed by atoms with Crippen molar-refractivity contribution < 1.29 is 19.1 Å². The van der Waals surface area contributed by atoms with Crippen LogP contribution in [0.1, 0.15) is 39.0 Å². The Morgan fingerprint density at radius 3 is 3.00 bits per heavy atom. The molecule has 1 aliphatic heterocycles.